The molecule has 1 heterocycles. The third-order valence-corrected chi connectivity index (χ3v) is 2.30. The molecule has 0 unspecified atom stereocenters. The van der Waals surface area contributed by atoms with Gasteiger partial charge in [-0.15, -0.1) is 5.10 Å². The molecule has 0 atom stereocenters. The molecule has 0 fully saturated rings. The molecule has 0 spiro atoms. The van der Waals surface area contributed by atoms with Crippen molar-refractivity contribution in [2.24, 2.45) is 0 Å². The van der Waals surface area contributed by atoms with Crippen LogP contribution in [0, 0.1) is 18.3 Å². The van der Waals surface area contributed by atoms with Crippen LogP contribution in [0.1, 0.15) is 11.1 Å². The van der Waals surface area contributed by atoms with E-state index in [4.69, 9.17) is 15.7 Å². The molecule has 2 rings (SSSR count). The highest BCUT2D eigenvalue weighted by molar-refractivity contribution is 5.59. The number of aromatic nitrogens is 2. The SMILES string of the molecule is Cc1cccc(Oc2nnccc2C#N)c1N. The Morgan fingerprint density at radius 2 is 2.18 bits per heavy atom. The van der Waals surface area contributed by atoms with Crippen LogP contribution in [0.15, 0.2) is 30.5 Å². The number of nitrogens with zero attached hydrogens (tertiary/aromatic N) is 3. The average Bonchev–Trinajstić information content (AvgIpc) is 2.35. The second kappa shape index (κ2) is 4.49. The Kier molecular flexibility index (Phi) is 2.88. The first-order valence-corrected chi connectivity index (χ1v) is 4.97. The van der Waals surface area contributed by atoms with Crippen molar-refractivity contribution in [1.82, 2.24) is 10.2 Å². The average molecular weight is 226 g/mol. The lowest BCUT2D eigenvalue weighted by Crippen LogP contribution is -1.98. The Morgan fingerprint density at radius 3 is 2.94 bits per heavy atom. The van der Waals surface area contributed by atoms with E-state index in [2.05, 4.69) is 10.2 Å². The molecule has 0 aliphatic rings. The summed E-state index contributed by atoms with van der Waals surface area (Å²) in [6.07, 6.45) is 1.44. The molecular formula is C12H10N4O. The lowest BCUT2D eigenvalue weighted by atomic mass is 10.2. The first-order chi connectivity index (χ1) is 8.22. The Labute approximate surface area is 98.5 Å². The normalized spacial score (nSPS) is 9.65. The van der Waals surface area contributed by atoms with E-state index in [1.54, 1.807) is 6.07 Å². The maximum absolute atomic E-state index is 8.89. The number of hydrogen-bond acceptors (Lipinski definition) is 5. The van der Waals surface area contributed by atoms with E-state index in [9.17, 15) is 0 Å². The highest BCUT2D eigenvalue weighted by atomic mass is 16.5. The first kappa shape index (κ1) is 10.9. The van der Waals surface area contributed by atoms with E-state index >= 15 is 0 Å². The molecule has 0 saturated heterocycles. The molecule has 5 heteroatoms. The molecule has 0 aliphatic carbocycles. The van der Waals surface area contributed by atoms with Gasteiger partial charge in [0, 0.05) is 0 Å². The predicted molar refractivity (Wildman–Crippen MR) is 62.4 cm³/mol. The summed E-state index contributed by atoms with van der Waals surface area (Å²) in [6.45, 7) is 1.88. The van der Waals surface area contributed by atoms with Crippen LogP contribution < -0.4 is 10.5 Å². The van der Waals surface area contributed by atoms with Gasteiger partial charge in [-0.05, 0) is 24.6 Å². The van der Waals surface area contributed by atoms with Crippen molar-refractivity contribution in [2.75, 3.05) is 5.73 Å². The summed E-state index contributed by atoms with van der Waals surface area (Å²) in [5, 5.41) is 16.3. The molecule has 0 saturated carbocycles. The maximum Gasteiger partial charge on any atom is 0.257 e. The molecule has 1 aromatic carbocycles. The number of hydrogen-bond donors (Lipinski definition) is 1. The van der Waals surface area contributed by atoms with Crippen LogP contribution in [0.25, 0.3) is 0 Å². The number of ether oxygens (including phenoxy) is 1. The lowest BCUT2D eigenvalue weighted by molar-refractivity contribution is 0.455. The standard InChI is InChI=1S/C12H10N4O/c1-8-3-2-4-10(11(8)14)17-12-9(7-13)5-6-15-16-12/h2-6H,14H2,1H3. The number of nitriles is 1. The zero-order chi connectivity index (χ0) is 12.3. The van der Waals surface area contributed by atoms with Crippen LogP contribution in [-0.2, 0) is 0 Å². The molecule has 0 bridgehead atoms. The smallest absolute Gasteiger partial charge is 0.257 e. The highest BCUT2D eigenvalue weighted by Crippen LogP contribution is 2.29. The van der Waals surface area contributed by atoms with Crippen LogP contribution in [0.3, 0.4) is 0 Å². The van der Waals surface area contributed by atoms with Gasteiger partial charge in [0.05, 0.1) is 11.9 Å². The lowest BCUT2D eigenvalue weighted by Gasteiger charge is -2.09. The van der Waals surface area contributed by atoms with Crippen LogP contribution in [0.2, 0.25) is 0 Å². The van der Waals surface area contributed by atoms with E-state index in [-0.39, 0.29) is 5.88 Å². The quantitative estimate of drug-likeness (QED) is 0.792. The number of anilines is 1. The summed E-state index contributed by atoms with van der Waals surface area (Å²) in [5.41, 5.74) is 7.62. The maximum atomic E-state index is 8.89. The van der Waals surface area contributed by atoms with Crippen LogP contribution >= 0.6 is 0 Å². The Morgan fingerprint density at radius 1 is 1.35 bits per heavy atom. The number of nitrogen functional groups attached to an aromatic ring is 1. The molecule has 0 amide bonds. The van der Waals surface area contributed by atoms with Crippen LogP contribution in [0.4, 0.5) is 5.69 Å². The zero-order valence-corrected chi connectivity index (χ0v) is 9.21. The second-order valence-electron chi connectivity index (χ2n) is 3.45. The molecule has 5 nitrogen and oxygen atoms in total. The van der Waals surface area contributed by atoms with Crippen molar-refractivity contribution in [3.8, 4) is 17.7 Å². The van der Waals surface area contributed by atoms with E-state index in [1.165, 1.54) is 12.3 Å². The fourth-order valence-corrected chi connectivity index (χ4v) is 1.33. The summed E-state index contributed by atoms with van der Waals surface area (Å²) >= 11 is 0. The minimum absolute atomic E-state index is 0.160. The number of aryl methyl sites for hydroxylation is 1. The first-order valence-electron chi connectivity index (χ1n) is 4.97. The number of para-hydroxylation sites is 1. The minimum atomic E-state index is 0.160. The molecule has 0 aliphatic heterocycles. The Bertz CT molecular complexity index is 589. The number of nitrogens with two attached hydrogens (primary N) is 1. The number of rotatable bonds is 2. The van der Waals surface area contributed by atoms with Crippen LogP contribution in [0.5, 0.6) is 11.6 Å². The van der Waals surface area contributed by atoms with Crippen molar-refractivity contribution in [3.63, 3.8) is 0 Å². The third kappa shape index (κ3) is 2.16. The van der Waals surface area contributed by atoms with Gasteiger partial charge in [-0.3, -0.25) is 0 Å². The van der Waals surface area contributed by atoms with Crippen molar-refractivity contribution in [3.05, 3.63) is 41.6 Å². The van der Waals surface area contributed by atoms with Gasteiger partial charge < -0.3 is 10.5 Å². The van der Waals surface area contributed by atoms with Crippen molar-refractivity contribution in [1.29, 1.82) is 5.26 Å². The van der Waals surface area contributed by atoms with Gasteiger partial charge >= 0.3 is 0 Å². The topological polar surface area (TPSA) is 84.8 Å². The molecule has 1 aromatic heterocycles. The summed E-state index contributed by atoms with van der Waals surface area (Å²) in [6, 6.07) is 8.94. The Balaban J connectivity index is 2.39. The zero-order valence-electron chi connectivity index (χ0n) is 9.21. The van der Waals surface area contributed by atoms with Gasteiger partial charge in [0.25, 0.3) is 5.88 Å². The minimum Gasteiger partial charge on any atom is -0.434 e. The molecule has 2 N–H and O–H groups in total. The largest absolute Gasteiger partial charge is 0.434 e. The monoisotopic (exact) mass is 226 g/mol. The van der Waals surface area contributed by atoms with Crippen molar-refractivity contribution < 1.29 is 4.74 Å². The third-order valence-electron chi connectivity index (χ3n) is 2.30. The van der Waals surface area contributed by atoms with Gasteiger partial charge in [0.1, 0.15) is 11.6 Å². The molecule has 0 radical (unpaired) electrons. The van der Waals surface area contributed by atoms with Crippen LogP contribution in [-0.4, -0.2) is 10.2 Å². The van der Waals surface area contributed by atoms with Gasteiger partial charge in [0.2, 0.25) is 0 Å². The molecule has 17 heavy (non-hydrogen) atoms. The van der Waals surface area contributed by atoms with Crippen molar-refractivity contribution >= 4 is 5.69 Å². The van der Waals surface area contributed by atoms with Gasteiger partial charge in [-0.25, -0.2) is 0 Å². The fraction of sp³-hybridized carbons (Fsp3) is 0.0833. The van der Waals surface area contributed by atoms with E-state index in [0.29, 0.717) is 17.0 Å². The van der Waals surface area contributed by atoms with E-state index in [0.717, 1.165) is 5.56 Å². The summed E-state index contributed by atoms with van der Waals surface area (Å²) in [5.74, 6) is 0.634. The van der Waals surface area contributed by atoms with Gasteiger partial charge in [-0.2, -0.15) is 10.4 Å². The molecular weight excluding hydrogens is 216 g/mol. The van der Waals surface area contributed by atoms with Gasteiger partial charge in [-0.1, -0.05) is 12.1 Å². The predicted octanol–water partition coefficient (Wildman–Crippen LogP) is 2.03. The Hall–Kier alpha value is -2.61. The van der Waals surface area contributed by atoms with Crippen molar-refractivity contribution in [2.45, 2.75) is 6.92 Å². The fourth-order valence-electron chi connectivity index (χ4n) is 1.33. The van der Waals surface area contributed by atoms with E-state index < -0.39 is 0 Å². The van der Waals surface area contributed by atoms with E-state index in [1.807, 2.05) is 25.1 Å². The summed E-state index contributed by atoms with van der Waals surface area (Å²) in [4.78, 5) is 0. The second-order valence-corrected chi connectivity index (χ2v) is 3.45. The highest BCUT2D eigenvalue weighted by Gasteiger charge is 2.09. The summed E-state index contributed by atoms with van der Waals surface area (Å²) in [7, 11) is 0. The number of benzene rings is 1. The van der Waals surface area contributed by atoms with Gasteiger partial charge in [0.15, 0.2) is 5.75 Å². The summed E-state index contributed by atoms with van der Waals surface area (Å²) < 4.78 is 5.49. The molecule has 84 valence electrons. The molecule has 2 aromatic rings.